The van der Waals surface area contributed by atoms with Gasteiger partial charge in [-0.05, 0) is 18.5 Å². The summed E-state index contributed by atoms with van der Waals surface area (Å²) < 4.78 is 3.65. The van der Waals surface area contributed by atoms with Gasteiger partial charge in [-0.25, -0.2) is 0 Å². The highest BCUT2D eigenvalue weighted by Crippen LogP contribution is 2.08. The molecule has 1 N–H and O–H groups in total. The van der Waals surface area contributed by atoms with Crippen molar-refractivity contribution in [1.29, 1.82) is 0 Å². The fraction of sp³-hybridized carbons (Fsp3) is 0.556. The Morgan fingerprint density at radius 2 is 2.13 bits per heavy atom. The van der Waals surface area contributed by atoms with Crippen molar-refractivity contribution in [3.05, 3.63) is 10.6 Å². The second-order valence-electron chi connectivity index (χ2n) is 3.49. The van der Waals surface area contributed by atoms with Crippen molar-refractivity contribution in [1.82, 2.24) is 14.9 Å². The Hall–Kier alpha value is -1.30. The van der Waals surface area contributed by atoms with Gasteiger partial charge in [-0.1, -0.05) is 18.3 Å². The molecular weight excluding hydrogens is 214 g/mol. The first-order chi connectivity index (χ1) is 7.02. The van der Waals surface area contributed by atoms with Gasteiger partial charge in [0, 0.05) is 5.92 Å². The molecule has 0 saturated carbocycles. The van der Waals surface area contributed by atoms with E-state index in [0.717, 1.165) is 11.5 Å². The molecule has 1 aromatic heterocycles. The Labute approximate surface area is 92.0 Å². The molecule has 0 aliphatic rings. The number of carbonyl (C=O) groups excluding carboxylic acids is 2. The zero-order valence-corrected chi connectivity index (χ0v) is 9.72. The van der Waals surface area contributed by atoms with Gasteiger partial charge in [0.1, 0.15) is 4.88 Å². The Bertz CT molecular complexity index is 373. The van der Waals surface area contributed by atoms with E-state index in [1.54, 1.807) is 20.8 Å². The highest BCUT2D eigenvalue weighted by molar-refractivity contribution is 7.08. The standard InChI is InChI=1S/C9H13N3O2S/c1-5(2)7(13)4-10-9(14)8-6(3)11-12-15-8/h5H,4H2,1-3H3,(H,10,14). The predicted molar refractivity (Wildman–Crippen MR) is 56.8 cm³/mol. The Kier molecular flexibility index (Phi) is 3.90. The average Bonchev–Trinajstić information content (AvgIpc) is 2.60. The number of nitrogens with one attached hydrogen (secondary N) is 1. The van der Waals surface area contributed by atoms with Crippen molar-refractivity contribution in [2.75, 3.05) is 6.54 Å². The lowest BCUT2D eigenvalue weighted by molar-refractivity contribution is -0.120. The van der Waals surface area contributed by atoms with Crippen molar-refractivity contribution in [3.63, 3.8) is 0 Å². The summed E-state index contributed by atoms with van der Waals surface area (Å²) in [5.41, 5.74) is 0.592. The Morgan fingerprint density at radius 3 is 2.60 bits per heavy atom. The van der Waals surface area contributed by atoms with Gasteiger partial charge in [-0.3, -0.25) is 9.59 Å². The van der Waals surface area contributed by atoms with E-state index in [2.05, 4.69) is 14.9 Å². The Morgan fingerprint density at radius 1 is 1.47 bits per heavy atom. The van der Waals surface area contributed by atoms with Gasteiger partial charge in [-0.15, -0.1) is 5.10 Å². The topological polar surface area (TPSA) is 72.0 Å². The lowest BCUT2D eigenvalue weighted by Crippen LogP contribution is -2.31. The normalized spacial score (nSPS) is 10.4. The van der Waals surface area contributed by atoms with Crippen molar-refractivity contribution in [3.8, 4) is 0 Å². The van der Waals surface area contributed by atoms with E-state index in [-0.39, 0.29) is 24.2 Å². The van der Waals surface area contributed by atoms with Crippen LogP contribution in [0.4, 0.5) is 0 Å². The monoisotopic (exact) mass is 227 g/mol. The lowest BCUT2D eigenvalue weighted by Gasteiger charge is -2.04. The predicted octanol–water partition coefficient (Wildman–Crippen LogP) is 0.801. The van der Waals surface area contributed by atoms with Gasteiger partial charge in [0.2, 0.25) is 0 Å². The summed E-state index contributed by atoms with van der Waals surface area (Å²) in [4.78, 5) is 23.2. The molecule has 0 fully saturated rings. The number of hydrogen-bond acceptors (Lipinski definition) is 5. The molecule has 5 nitrogen and oxygen atoms in total. The minimum Gasteiger partial charge on any atom is -0.344 e. The summed E-state index contributed by atoms with van der Waals surface area (Å²) >= 11 is 1.03. The molecule has 1 rings (SSSR count). The highest BCUT2D eigenvalue weighted by atomic mass is 32.1. The van der Waals surface area contributed by atoms with Crippen LogP contribution in [0.25, 0.3) is 0 Å². The van der Waals surface area contributed by atoms with E-state index in [0.29, 0.717) is 10.6 Å². The van der Waals surface area contributed by atoms with Gasteiger partial charge in [0.15, 0.2) is 5.78 Å². The second kappa shape index (κ2) is 4.97. The third-order valence-electron chi connectivity index (χ3n) is 1.92. The molecule has 0 spiro atoms. The molecule has 6 heteroatoms. The first-order valence-corrected chi connectivity index (χ1v) is 5.39. The van der Waals surface area contributed by atoms with Crippen LogP contribution >= 0.6 is 11.5 Å². The minimum atomic E-state index is -0.281. The summed E-state index contributed by atoms with van der Waals surface area (Å²) in [6.07, 6.45) is 0. The molecule has 0 bridgehead atoms. The summed E-state index contributed by atoms with van der Waals surface area (Å²) in [7, 11) is 0. The molecule has 82 valence electrons. The van der Waals surface area contributed by atoms with Crippen LogP contribution in [-0.2, 0) is 4.79 Å². The number of ketones is 1. The number of hydrogen-bond donors (Lipinski definition) is 1. The van der Waals surface area contributed by atoms with E-state index < -0.39 is 0 Å². The van der Waals surface area contributed by atoms with Crippen LogP contribution in [0.3, 0.4) is 0 Å². The molecule has 0 atom stereocenters. The van der Waals surface area contributed by atoms with Crippen molar-refractivity contribution < 1.29 is 9.59 Å². The second-order valence-corrected chi connectivity index (χ2v) is 4.25. The molecule has 1 amide bonds. The van der Waals surface area contributed by atoms with Gasteiger partial charge >= 0.3 is 0 Å². The van der Waals surface area contributed by atoms with Gasteiger partial charge < -0.3 is 5.32 Å². The summed E-state index contributed by atoms with van der Waals surface area (Å²) in [6.45, 7) is 5.37. The van der Waals surface area contributed by atoms with Crippen LogP contribution in [0.15, 0.2) is 0 Å². The van der Waals surface area contributed by atoms with Crippen LogP contribution in [0.2, 0.25) is 0 Å². The van der Waals surface area contributed by atoms with Crippen LogP contribution in [0.5, 0.6) is 0 Å². The van der Waals surface area contributed by atoms with Crippen molar-refractivity contribution >= 4 is 23.2 Å². The summed E-state index contributed by atoms with van der Waals surface area (Å²) in [5.74, 6) is -0.332. The zero-order valence-electron chi connectivity index (χ0n) is 8.90. The highest BCUT2D eigenvalue weighted by Gasteiger charge is 2.14. The van der Waals surface area contributed by atoms with E-state index in [1.165, 1.54) is 0 Å². The maximum atomic E-state index is 11.5. The molecule has 0 aromatic carbocycles. The van der Waals surface area contributed by atoms with E-state index in [1.807, 2.05) is 0 Å². The molecule has 0 aliphatic carbocycles. The van der Waals surface area contributed by atoms with E-state index >= 15 is 0 Å². The summed E-state index contributed by atoms with van der Waals surface area (Å²) in [5, 5.41) is 6.27. The van der Waals surface area contributed by atoms with Crippen LogP contribution in [-0.4, -0.2) is 27.8 Å². The number of Topliss-reactive ketones (excluding diaryl/α,β-unsaturated/α-hetero) is 1. The number of aryl methyl sites for hydroxylation is 1. The van der Waals surface area contributed by atoms with Crippen LogP contribution in [0, 0.1) is 12.8 Å². The van der Waals surface area contributed by atoms with Crippen LogP contribution in [0.1, 0.15) is 29.2 Å². The fourth-order valence-electron chi connectivity index (χ4n) is 0.891. The minimum absolute atomic E-state index is 0.0125. The fourth-order valence-corrected chi connectivity index (χ4v) is 1.46. The number of nitrogens with zero attached hydrogens (tertiary/aromatic N) is 2. The zero-order chi connectivity index (χ0) is 11.4. The smallest absolute Gasteiger partial charge is 0.265 e. The number of rotatable bonds is 4. The first kappa shape index (κ1) is 11.8. The number of aromatic nitrogens is 2. The molecule has 15 heavy (non-hydrogen) atoms. The molecule has 0 saturated heterocycles. The largest absolute Gasteiger partial charge is 0.344 e. The van der Waals surface area contributed by atoms with Crippen LogP contribution < -0.4 is 5.32 Å². The van der Waals surface area contributed by atoms with Gasteiger partial charge in [-0.2, -0.15) is 0 Å². The number of carbonyl (C=O) groups is 2. The molecule has 0 radical (unpaired) electrons. The van der Waals surface area contributed by atoms with E-state index in [9.17, 15) is 9.59 Å². The maximum absolute atomic E-state index is 11.5. The third-order valence-corrected chi connectivity index (χ3v) is 2.75. The quantitative estimate of drug-likeness (QED) is 0.826. The number of amides is 1. The third kappa shape index (κ3) is 3.09. The average molecular weight is 227 g/mol. The molecular formula is C9H13N3O2S. The Balaban J connectivity index is 2.51. The maximum Gasteiger partial charge on any atom is 0.265 e. The van der Waals surface area contributed by atoms with Crippen molar-refractivity contribution in [2.45, 2.75) is 20.8 Å². The van der Waals surface area contributed by atoms with Gasteiger partial charge in [0.25, 0.3) is 5.91 Å². The van der Waals surface area contributed by atoms with E-state index in [4.69, 9.17) is 0 Å². The summed E-state index contributed by atoms with van der Waals surface area (Å²) in [6, 6.07) is 0. The van der Waals surface area contributed by atoms with Crippen molar-refractivity contribution in [2.24, 2.45) is 5.92 Å². The molecule has 0 aliphatic heterocycles. The van der Waals surface area contributed by atoms with Gasteiger partial charge in [0.05, 0.1) is 12.2 Å². The SMILES string of the molecule is Cc1nnsc1C(=O)NCC(=O)C(C)C. The molecule has 0 unspecified atom stereocenters. The molecule has 1 heterocycles. The molecule has 1 aromatic rings. The first-order valence-electron chi connectivity index (χ1n) is 4.62. The lowest BCUT2D eigenvalue weighted by atomic mass is 10.1.